The molecule has 5 aliphatic rings. The summed E-state index contributed by atoms with van der Waals surface area (Å²) in [5.41, 5.74) is 3.11. The first kappa shape index (κ1) is 39.4. The number of methoxy groups -OCH3 is 2. The fourth-order valence-electron chi connectivity index (χ4n) is 10.8. The summed E-state index contributed by atoms with van der Waals surface area (Å²) in [4.78, 5) is 65.2. The van der Waals surface area contributed by atoms with Crippen molar-refractivity contribution in [3.8, 4) is 27.8 Å². The van der Waals surface area contributed by atoms with Gasteiger partial charge in [-0.05, 0) is 104 Å². The van der Waals surface area contributed by atoms with Gasteiger partial charge in [-0.1, -0.05) is 23.3 Å². The minimum atomic E-state index is -1.35. The molecule has 2 aliphatic carbocycles. The number of thiophene rings is 1. The van der Waals surface area contributed by atoms with Gasteiger partial charge < -0.3 is 24.2 Å². The highest BCUT2D eigenvalue weighted by Gasteiger charge is 2.68. The number of hydrogen-bond acceptors (Lipinski definition) is 11. The van der Waals surface area contributed by atoms with E-state index in [1.165, 1.54) is 24.0 Å². The van der Waals surface area contributed by atoms with E-state index in [1.807, 2.05) is 62.4 Å². The zero-order chi connectivity index (χ0) is 42.6. The second-order valence-corrected chi connectivity index (χ2v) is 18.3. The Balaban J connectivity index is 1.06. The van der Waals surface area contributed by atoms with Crippen molar-refractivity contribution in [2.75, 3.05) is 55.2 Å². The number of benzene rings is 3. The zero-order valence-corrected chi connectivity index (χ0v) is 35.9. The third-order valence-electron chi connectivity index (χ3n) is 13.8. The van der Waals surface area contributed by atoms with E-state index in [0.29, 0.717) is 41.0 Å². The van der Waals surface area contributed by atoms with Crippen molar-refractivity contribution < 1.29 is 38.5 Å². The Kier molecular flexibility index (Phi) is 9.35. The maximum absolute atomic E-state index is 15.3. The second kappa shape index (κ2) is 14.5. The molecule has 3 saturated heterocycles. The van der Waals surface area contributed by atoms with Gasteiger partial charge in [0.25, 0.3) is 0 Å². The van der Waals surface area contributed by atoms with Crippen molar-refractivity contribution >= 4 is 73.8 Å². The molecule has 4 fully saturated rings. The van der Waals surface area contributed by atoms with Gasteiger partial charge in [0.1, 0.15) is 11.5 Å². The highest BCUT2D eigenvalue weighted by Crippen LogP contribution is 2.64. The molecule has 1 N–H and O–H groups in total. The number of hydrogen-bond donors (Lipinski definition) is 1. The van der Waals surface area contributed by atoms with Crippen LogP contribution >= 0.6 is 22.9 Å². The van der Waals surface area contributed by atoms with Crippen molar-refractivity contribution in [1.82, 2.24) is 9.78 Å². The summed E-state index contributed by atoms with van der Waals surface area (Å²) in [6.07, 6.45) is 2.46. The van der Waals surface area contributed by atoms with E-state index >= 15 is 9.59 Å². The van der Waals surface area contributed by atoms with Gasteiger partial charge in [-0.15, -0.1) is 11.3 Å². The minimum absolute atomic E-state index is 0.134. The van der Waals surface area contributed by atoms with Crippen LogP contribution in [-0.4, -0.2) is 79.0 Å². The van der Waals surface area contributed by atoms with Gasteiger partial charge in [0.2, 0.25) is 29.4 Å². The number of ether oxygens (including phenoxy) is 3. The van der Waals surface area contributed by atoms with Crippen LogP contribution in [0.4, 0.5) is 17.2 Å². The Hall–Kier alpha value is -5.70. The summed E-state index contributed by atoms with van der Waals surface area (Å²) in [7, 11) is 4.58. The molecule has 0 bridgehead atoms. The highest BCUT2D eigenvalue weighted by atomic mass is 35.5. The van der Waals surface area contributed by atoms with Crippen LogP contribution in [0, 0.1) is 36.0 Å². The third kappa shape index (κ3) is 5.78. The van der Waals surface area contributed by atoms with Crippen LogP contribution in [0.1, 0.15) is 36.8 Å². The normalized spacial score (nSPS) is 26.2. The number of rotatable bonds is 7. The maximum atomic E-state index is 15.3. The number of aromatic hydroxyl groups is 1. The molecule has 10 rings (SSSR count). The molecular formula is C46H44ClN5O8S. The number of carbonyl (C=O) groups is 4. The number of amides is 4. The van der Waals surface area contributed by atoms with Gasteiger partial charge >= 0.3 is 0 Å². The molecule has 6 atom stereocenters. The van der Waals surface area contributed by atoms with E-state index < -0.39 is 46.8 Å². The molecule has 0 radical (unpaired) electrons. The van der Waals surface area contributed by atoms with Crippen molar-refractivity contribution in [3.05, 3.63) is 88.5 Å². The van der Waals surface area contributed by atoms with Crippen LogP contribution in [0.3, 0.4) is 0 Å². The van der Waals surface area contributed by atoms with Crippen LogP contribution in [0.25, 0.3) is 20.7 Å². The lowest BCUT2D eigenvalue weighted by atomic mass is 9.51. The van der Waals surface area contributed by atoms with Gasteiger partial charge in [0.05, 0.1) is 61.2 Å². The molecule has 3 aliphatic heterocycles. The summed E-state index contributed by atoms with van der Waals surface area (Å²) in [6.45, 7) is 6.59. The first-order valence-electron chi connectivity index (χ1n) is 20.4. The predicted octanol–water partition coefficient (Wildman–Crippen LogP) is 7.26. The number of nitrogens with zero attached hydrogens (tertiary/aromatic N) is 5. The molecule has 0 unspecified atom stereocenters. The Bertz CT molecular complexity index is 2700. The fourth-order valence-corrected chi connectivity index (χ4v) is 12.1. The first-order chi connectivity index (χ1) is 29.3. The number of carbonyl (C=O) groups excluding carboxylic acids is 4. The van der Waals surface area contributed by atoms with E-state index in [-0.39, 0.29) is 41.9 Å². The molecule has 13 nitrogen and oxygen atoms in total. The lowest BCUT2D eigenvalue weighted by molar-refractivity contribution is -0.131. The van der Waals surface area contributed by atoms with Gasteiger partial charge in [-0.2, -0.15) is 5.10 Å². The van der Waals surface area contributed by atoms with E-state index in [9.17, 15) is 14.7 Å². The summed E-state index contributed by atoms with van der Waals surface area (Å²) < 4.78 is 19.3. The number of halogens is 1. The quantitative estimate of drug-likeness (QED) is 0.131. The molecular weight excluding hydrogens is 818 g/mol. The van der Waals surface area contributed by atoms with Crippen molar-refractivity contribution in [3.63, 3.8) is 0 Å². The van der Waals surface area contributed by atoms with Gasteiger partial charge in [-0.3, -0.25) is 28.8 Å². The number of phenolic OH excluding ortho intramolecular Hbond substituents is 1. The van der Waals surface area contributed by atoms with Crippen molar-refractivity contribution in [2.45, 2.75) is 32.6 Å². The van der Waals surface area contributed by atoms with E-state index in [2.05, 4.69) is 4.90 Å². The van der Waals surface area contributed by atoms with E-state index in [1.54, 1.807) is 41.3 Å². The predicted molar refractivity (Wildman–Crippen MR) is 232 cm³/mol. The monoisotopic (exact) mass is 861 g/mol. The Morgan fingerprint density at radius 2 is 1.57 bits per heavy atom. The van der Waals surface area contributed by atoms with Crippen LogP contribution < -0.4 is 24.2 Å². The van der Waals surface area contributed by atoms with E-state index in [0.717, 1.165) is 44.9 Å². The molecule has 314 valence electrons. The summed E-state index contributed by atoms with van der Waals surface area (Å²) in [6, 6.07) is 18.3. The second-order valence-electron chi connectivity index (χ2n) is 16.8. The molecule has 3 aromatic carbocycles. The summed E-state index contributed by atoms with van der Waals surface area (Å²) >= 11 is 7.91. The molecule has 15 heteroatoms. The Labute approximate surface area is 361 Å². The topological polar surface area (TPSA) is 144 Å². The van der Waals surface area contributed by atoms with E-state index in [4.69, 9.17) is 30.9 Å². The smallest absolute Gasteiger partial charge is 0.242 e. The third-order valence-corrected chi connectivity index (χ3v) is 15.3. The number of phenols is 1. The lowest BCUT2D eigenvalue weighted by Gasteiger charge is -2.49. The number of aryl methyl sites for hydroxylation is 2. The fraction of sp³-hybridized carbons (Fsp3) is 0.370. The molecule has 1 saturated carbocycles. The zero-order valence-electron chi connectivity index (χ0n) is 34.3. The molecule has 2 aromatic heterocycles. The highest BCUT2D eigenvalue weighted by molar-refractivity contribution is 7.22. The number of morpholine rings is 1. The number of aromatic nitrogens is 2. The average Bonchev–Trinajstić information content (AvgIpc) is 3.94. The van der Waals surface area contributed by atoms with Crippen molar-refractivity contribution in [2.24, 2.45) is 36.1 Å². The summed E-state index contributed by atoms with van der Waals surface area (Å²) in [5.74, 6) is -4.62. The number of fused-ring (bicyclic) bond motifs is 5. The van der Waals surface area contributed by atoms with Crippen LogP contribution in [0.15, 0.2) is 72.3 Å². The lowest BCUT2D eigenvalue weighted by Crippen LogP contribution is -2.49. The van der Waals surface area contributed by atoms with Gasteiger partial charge in [0, 0.05) is 47.5 Å². The Morgan fingerprint density at radius 3 is 2.26 bits per heavy atom. The maximum Gasteiger partial charge on any atom is 0.242 e. The SMILES string of the molecule is COc1cc([C@H]2C3=CC[C@@H]4C(=O)N(c5ccc(N6CCOCC6)cc5)C(=O)[C@@H]4[C@@H]3C[C@H]3C(=O)N(c4cc(-c5sc6ccc(Cl)cc6c5C)nn4C)C(=O)[C@@]23C)cc(OC)c1O. The first-order valence-corrected chi connectivity index (χ1v) is 21.6. The van der Waals surface area contributed by atoms with Crippen molar-refractivity contribution in [1.29, 1.82) is 0 Å². The van der Waals surface area contributed by atoms with Gasteiger partial charge in [0.15, 0.2) is 11.5 Å². The Morgan fingerprint density at radius 1 is 0.885 bits per heavy atom. The van der Waals surface area contributed by atoms with Crippen LogP contribution in [0.5, 0.6) is 17.2 Å². The standard InChI is InChI=1S/C46H44ClN5O8S/c1-23-30-20-25(47)6-13-36(30)61-41(23)33-22-37(49(3)48-33)52-43(55)32-21-31-28(39(46(32,2)45(52)57)24-18-34(58-4)40(53)35(19-24)59-5)11-12-29-38(31)44(56)51(42(29)54)27-9-7-26(8-10-27)50-14-16-60-17-15-50/h6-11,13,18-20,22,29,31-32,38-39,53H,12,14-17,21H2,1-5H3/t29-,31+,32-,38-,39-,46+/m0/s1. The van der Waals surface area contributed by atoms with Gasteiger partial charge in [-0.25, -0.2) is 4.90 Å². The molecule has 5 aromatic rings. The summed E-state index contributed by atoms with van der Waals surface area (Å²) in [5, 5.41) is 17.5. The molecule has 61 heavy (non-hydrogen) atoms. The number of allylic oxidation sites excluding steroid dienone is 2. The minimum Gasteiger partial charge on any atom is -0.502 e. The molecule has 4 amide bonds. The number of imide groups is 2. The number of anilines is 3. The van der Waals surface area contributed by atoms with Crippen LogP contribution in [0.2, 0.25) is 5.02 Å². The average molecular weight is 862 g/mol. The van der Waals surface area contributed by atoms with Crippen LogP contribution in [-0.2, 0) is 31.0 Å². The molecule has 0 spiro atoms. The largest absolute Gasteiger partial charge is 0.502 e. The molecule has 5 heterocycles.